The molecule has 0 fully saturated rings. The van der Waals surface area contributed by atoms with Crippen LogP contribution in [-0.4, -0.2) is 73.4 Å². The van der Waals surface area contributed by atoms with E-state index in [0.29, 0.717) is 17.4 Å². The van der Waals surface area contributed by atoms with E-state index in [1.807, 2.05) is 27.2 Å². The molecule has 1 amide bonds. The van der Waals surface area contributed by atoms with Gasteiger partial charge >= 0.3 is 7.82 Å². The molecule has 0 heterocycles. The SMILES string of the molecule is CC/C=C\C/C=C\C/C=C\C/C=C\C/C=C\C/C=C\C/C=C\C/C=C\C/C=C\CCCCCCCCCCCCCC(=O)NC(COP(=O)(O)OCC[N+](C)(C)C)C(O)/C=C/CC/C=C/CC/C=C/CCCCCCCCCCC. The number of carbonyl (C=O) groups is 1. The lowest BCUT2D eigenvalue weighted by atomic mass is 10.0. The van der Waals surface area contributed by atoms with Crippen molar-refractivity contribution in [3.63, 3.8) is 0 Å². The number of aliphatic hydroxyl groups is 1. The molecule has 8 nitrogen and oxygen atoms in total. The van der Waals surface area contributed by atoms with Gasteiger partial charge in [0.05, 0.1) is 39.9 Å². The molecule has 0 aromatic carbocycles. The van der Waals surface area contributed by atoms with Crippen LogP contribution in [0, 0.1) is 0 Å². The number of phosphoric ester groups is 1. The number of hydrogen-bond donors (Lipinski definition) is 3. The third kappa shape index (κ3) is 62.0. The number of nitrogens with zero attached hydrogens (tertiary/aromatic N) is 1. The third-order valence-corrected chi connectivity index (χ3v) is 14.5. The molecule has 0 saturated heterocycles. The molecule has 0 aliphatic carbocycles. The van der Waals surface area contributed by atoms with Crippen LogP contribution in [0.25, 0.3) is 0 Å². The van der Waals surface area contributed by atoms with E-state index in [4.69, 9.17) is 9.05 Å². The van der Waals surface area contributed by atoms with Crippen LogP contribution in [0.5, 0.6) is 0 Å². The molecule has 0 aliphatic heterocycles. The largest absolute Gasteiger partial charge is 0.472 e. The summed E-state index contributed by atoms with van der Waals surface area (Å²) in [6.07, 6.45) is 92.5. The number of amides is 1. The maximum Gasteiger partial charge on any atom is 0.472 e. The highest BCUT2D eigenvalue weighted by molar-refractivity contribution is 7.47. The van der Waals surface area contributed by atoms with E-state index < -0.39 is 20.0 Å². The van der Waals surface area contributed by atoms with E-state index in [1.165, 1.54) is 116 Å². The van der Waals surface area contributed by atoms with Crippen LogP contribution in [0.4, 0.5) is 0 Å². The molecule has 0 spiro atoms. The van der Waals surface area contributed by atoms with Gasteiger partial charge in [-0.05, 0) is 116 Å². The van der Waals surface area contributed by atoms with Crippen molar-refractivity contribution in [2.75, 3.05) is 40.9 Å². The second kappa shape index (κ2) is 60.0. The molecule has 0 bridgehead atoms. The molecule has 80 heavy (non-hydrogen) atoms. The quantitative estimate of drug-likeness (QED) is 0.0243. The average molecular weight is 1130 g/mol. The summed E-state index contributed by atoms with van der Waals surface area (Å²) in [6, 6.07) is -0.882. The number of nitrogens with one attached hydrogen (secondary N) is 1. The van der Waals surface area contributed by atoms with Crippen molar-refractivity contribution >= 4 is 13.7 Å². The number of unbranched alkanes of at least 4 members (excludes halogenated alkanes) is 22. The molecule has 3 unspecified atom stereocenters. The zero-order chi connectivity index (χ0) is 58.4. The van der Waals surface area contributed by atoms with Crippen molar-refractivity contribution in [1.29, 1.82) is 0 Å². The Labute approximate surface area is 493 Å². The van der Waals surface area contributed by atoms with Gasteiger partial charge in [0.15, 0.2) is 0 Å². The van der Waals surface area contributed by atoms with Crippen LogP contribution in [-0.2, 0) is 18.4 Å². The average Bonchev–Trinajstić information content (AvgIpc) is 3.42. The van der Waals surface area contributed by atoms with Gasteiger partial charge in [0.2, 0.25) is 5.91 Å². The maximum absolute atomic E-state index is 13.0. The highest BCUT2D eigenvalue weighted by Gasteiger charge is 2.27. The summed E-state index contributed by atoms with van der Waals surface area (Å²) in [7, 11) is 1.53. The molecule has 0 aromatic rings. The van der Waals surface area contributed by atoms with Crippen molar-refractivity contribution in [3.8, 4) is 0 Å². The zero-order valence-electron chi connectivity index (χ0n) is 52.0. The second-order valence-corrected chi connectivity index (χ2v) is 23.8. The molecule has 0 rings (SSSR count). The molecule has 9 heteroatoms. The lowest BCUT2D eigenvalue weighted by Gasteiger charge is -2.25. The first-order valence-corrected chi connectivity index (χ1v) is 33.7. The smallest absolute Gasteiger partial charge is 0.387 e. The summed E-state index contributed by atoms with van der Waals surface area (Å²) < 4.78 is 23.7. The van der Waals surface area contributed by atoms with Crippen molar-refractivity contribution in [2.24, 2.45) is 0 Å². The zero-order valence-corrected chi connectivity index (χ0v) is 52.9. The van der Waals surface area contributed by atoms with E-state index in [2.05, 4.69) is 153 Å². The highest BCUT2D eigenvalue weighted by atomic mass is 31.2. The Bertz CT molecular complexity index is 1810. The number of hydrogen-bond acceptors (Lipinski definition) is 5. The van der Waals surface area contributed by atoms with Gasteiger partial charge < -0.3 is 19.8 Å². The summed E-state index contributed by atoms with van der Waals surface area (Å²) in [4.78, 5) is 23.3. The van der Waals surface area contributed by atoms with Gasteiger partial charge in [0.25, 0.3) is 0 Å². The molecule has 3 atom stereocenters. The van der Waals surface area contributed by atoms with Gasteiger partial charge in [0.1, 0.15) is 13.2 Å². The van der Waals surface area contributed by atoms with Gasteiger partial charge in [-0.1, -0.05) is 269 Å². The van der Waals surface area contributed by atoms with E-state index in [1.54, 1.807) is 6.08 Å². The standard InChI is InChI=1S/C71H121N2O6P/c1-6-8-10-12-14-16-18-20-22-24-26-27-28-29-30-31-32-33-34-35-36-37-38-39-40-41-42-43-44-45-47-49-51-53-55-57-59-61-63-65-71(75)72-69(68-79-80(76,77)78-67-66-73(3,4)5)70(74)64-62-60-58-56-54-52-50-48-46-25-23-21-19-17-15-13-11-9-7-2/h8,10,14,16,20,22,26-27,29-30,32-33,35-36,38-39,41-42,46,48,54,56,62,64,69-70,74H,6-7,9,11-13,15,17-19,21,23-25,28,31,34,37,40,43-45,47,49-53,55,57-61,63,65-68H2,1-5H3,(H-,72,75,76,77)/p+1/b10-8-,16-14-,22-20-,27-26-,30-29-,33-32-,36-35-,39-38-,42-41-,48-46+,56-54+,64-62+. The molecule has 0 aromatic heterocycles. The third-order valence-electron chi connectivity index (χ3n) is 13.5. The number of phosphoric acid groups is 1. The van der Waals surface area contributed by atoms with Gasteiger partial charge in [0, 0.05) is 6.42 Å². The lowest BCUT2D eigenvalue weighted by Crippen LogP contribution is -2.45. The van der Waals surface area contributed by atoms with Crippen molar-refractivity contribution < 1.29 is 32.9 Å². The van der Waals surface area contributed by atoms with Gasteiger partial charge in [-0.15, -0.1) is 0 Å². The summed E-state index contributed by atoms with van der Waals surface area (Å²) in [6.45, 7) is 4.66. The van der Waals surface area contributed by atoms with Crippen LogP contribution < -0.4 is 5.32 Å². The Balaban J connectivity index is 4.17. The van der Waals surface area contributed by atoms with Crippen LogP contribution >= 0.6 is 7.82 Å². The number of rotatable bonds is 57. The first-order chi connectivity index (χ1) is 39.0. The van der Waals surface area contributed by atoms with E-state index in [-0.39, 0.29) is 19.1 Å². The van der Waals surface area contributed by atoms with Crippen LogP contribution in [0.1, 0.15) is 245 Å². The van der Waals surface area contributed by atoms with Crippen molar-refractivity contribution in [1.82, 2.24) is 5.32 Å². The highest BCUT2D eigenvalue weighted by Crippen LogP contribution is 2.43. The minimum Gasteiger partial charge on any atom is -0.387 e. The van der Waals surface area contributed by atoms with E-state index >= 15 is 0 Å². The van der Waals surface area contributed by atoms with Crippen LogP contribution in [0.3, 0.4) is 0 Å². The van der Waals surface area contributed by atoms with Gasteiger partial charge in [-0.25, -0.2) is 4.57 Å². The predicted molar refractivity (Wildman–Crippen MR) is 350 cm³/mol. The molecule has 0 radical (unpaired) electrons. The molecule has 0 saturated carbocycles. The van der Waals surface area contributed by atoms with E-state index in [0.717, 1.165) is 109 Å². The minimum absolute atomic E-state index is 0.0464. The summed E-state index contributed by atoms with van der Waals surface area (Å²) >= 11 is 0. The Morgan fingerprint density at radius 2 is 0.762 bits per heavy atom. The maximum atomic E-state index is 13.0. The van der Waals surface area contributed by atoms with Gasteiger partial charge in [-0.3, -0.25) is 13.8 Å². The summed E-state index contributed by atoms with van der Waals surface area (Å²) in [5, 5.41) is 13.9. The predicted octanol–water partition coefficient (Wildman–Crippen LogP) is 20.4. The first kappa shape index (κ1) is 76.4. The fourth-order valence-corrected chi connectivity index (χ4v) is 9.27. The minimum atomic E-state index is -4.37. The Morgan fingerprint density at radius 3 is 1.15 bits per heavy atom. The molecule has 0 aliphatic rings. The van der Waals surface area contributed by atoms with Gasteiger partial charge in [-0.2, -0.15) is 0 Å². The topological polar surface area (TPSA) is 105 Å². The number of aliphatic hydroxyl groups excluding tert-OH is 1. The first-order valence-electron chi connectivity index (χ1n) is 32.2. The molecule has 456 valence electrons. The van der Waals surface area contributed by atoms with Crippen molar-refractivity contribution in [3.05, 3.63) is 146 Å². The van der Waals surface area contributed by atoms with E-state index in [9.17, 15) is 19.4 Å². The monoisotopic (exact) mass is 1130 g/mol. The Hall–Kier alpha value is -3.62. The number of carbonyl (C=O) groups excluding carboxylic acids is 1. The lowest BCUT2D eigenvalue weighted by molar-refractivity contribution is -0.870. The normalized spacial score (nSPS) is 14.7. The van der Waals surface area contributed by atoms with Crippen LogP contribution in [0.2, 0.25) is 0 Å². The summed E-state index contributed by atoms with van der Waals surface area (Å²) in [5.41, 5.74) is 0. The molecular weight excluding hydrogens is 1010 g/mol. The summed E-state index contributed by atoms with van der Waals surface area (Å²) in [5.74, 6) is -0.199. The fourth-order valence-electron chi connectivity index (χ4n) is 8.54. The van der Waals surface area contributed by atoms with Crippen LogP contribution in [0.15, 0.2) is 146 Å². The van der Waals surface area contributed by atoms with Crippen molar-refractivity contribution in [2.45, 2.75) is 257 Å². The Kier molecular flexibility index (Phi) is 57.3. The number of allylic oxidation sites excluding steroid dienone is 23. The number of likely N-dealkylation sites (N-methyl/N-ethyl adjacent to an activating group) is 1. The second-order valence-electron chi connectivity index (χ2n) is 22.4. The Morgan fingerprint density at radius 1 is 0.438 bits per heavy atom. The fraction of sp³-hybridized carbons (Fsp3) is 0.648. The molecule has 3 N–H and O–H groups in total. The number of quaternary nitrogens is 1. The molecular formula is C71H122N2O6P+.